The minimum atomic E-state index is 0.150. The van der Waals surface area contributed by atoms with E-state index in [0.29, 0.717) is 0 Å². The van der Waals surface area contributed by atoms with E-state index >= 15 is 0 Å². The van der Waals surface area contributed by atoms with Crippen LogP contribution in [0.2, 0.25) is 0 Å². The summed E-state index contributed by atoms with van der Waals surface area (Å²) in [6.07, 6.45) is 0.765. The van der Waals surface area contributed by atoms with Crippen LogP contribution in [0.5, 0.6) is 0 Å². The van der Waals surface area contributed by atoms with Crippen LogP contribution < -0.4 is 5.43 Å². The Morgan fingerprint density at radius 3 is 2.93 bits per heavy atom. The van der Waals surface area contributed by atoms with Gasteiger partial charge in [-0.25, -0.2) is 0 Å². The number of rotatable bonds is 0. The van der Waals surface area contributed by atoms with Gasteiger partial charge < -0.3 is 4.98 Å². The number of aromatic amines is 1. The van der Waals surface area contributed by atoms with Crippen molar-refractivity contribution >= 4 is 0 Å². The molecular formula is C13H11NO. The number of hydrogen-bond acceptors (Lipinski definition) is 1. The van der Waals surface area contributed by atoms with E-state index in [1.165, 1.54) is 11.1 Å². The molecule has 1 aromatic heterocycles. The van der Waals surface area contributed by atoms with E-state index in [-0.39, 0.29) is 5.43 Å². The molecule has 0 saturated carbocycles. The second-order valence-corrected chi connectivity index (χ2v) is 4.00. The standard InChI is InChI=1S/C13H11NO/c1-8-6-12(15)11-7-9-4-2-3-5-10(9)13(11)14-8/h2-6H,7H2,1H3,(H,14,15). The Morgan fingerprint density at radius 2 is 2.07 bits per heavy atom. The van der Waals surface area contributed by atoms with Crippen molar-refractivity contribution in [2.75, 3.05) is 0 Å². The van der Waals surface area contributed by atoms with Crippen molar-refractivity contribution in [3.8, 4) is 11.3 Å². The first kappa shape index (κ1) is 8.48. The van der Waals surface area contributed by atoms with Gasteiger partial charge >= 0.3 is 0 Å². The third kappa shape index (κ3) is 1.14. The van der Waals surface area contributed by atoms with Gasteiger partial charge in [0.05, 0.1) is 5.69 Å². The summed E-state index contributed by atoms with van der Waals surface area (Å²) in [6, 6.07) is 9.84. The first-order chi connectivity index (χ1) is 7.25. The monoisotopic (exact) mass is 197 g/mol. The maximum absolute atomic E-state index is 11.8. The molecule has 0 atom stereocenters. The smallest absolute Gasteiger partial charge is 0.185 e. The van der Waals surface area contributed by atoms with Gasteiger partial charge in [-0.05, 0) is 12.5 Å². The van der Waals surface area contributed by atoms with Crippen LogP contribution in [0.3, 0.4) is 0 Å². The molecule has 2 heteroatoms. The van der Waals surface area contributed by atoms with Crippen LogP contribution in [0.4, 0.5) is 0 Å². The molecule has 1 aromatic carbocycles. The number of hydrogen-bond donors (Lipinski definition) is 1. The number of benzene rings is 1. The largest absolute Gasteiger partial charge is 0.358 e. The lowest BCUT2D eigenvalue weighted by Gasteiger charge is -2.01. The molecule has 1 heterocycles. The zero-order valence-electron chi connectivity index (χ0n) is 8.50. The van der Waals surface area contributed by atoms with E-state index in [0.717, 1.165) is 23.4 Å². The van der Waals surface area contributed by atoms with E-state index in [4.69, 9.17) is 0 Å². The quantitative estimate of drug-likeness (QED) is 0.589. The lowest BCUT2D eigenvalue weighted by atomic mass is 10.1. The maximum Gasteiger partial charge on any atom is 0.185 e. The van der Waals surface area contributed by atoms with Crippen LogP contribution in [0.1, 0.15) is 16.8 Å². The zero-order chi connectivity index (χ0) is 10.4. The fraction of sp³-hybridized carbons (Fsp3) is 0.154. The number of pyridine rings is 1. The van der Waals surface area contributed by atoms with Crippen LogP contribution in [0.25, 0.3) is 11.3 Å². The molecule has 15 heavy (non-hydrogen) atoms. The lowest BCUT2D eigenvalue weighted by molar-refractivity contribution is 1.14. The van der Waals surface area contributed by atoms with Crippen LogP contribution in [-0.2, 0) is 6.42 Å². The molecular weight excluding hydrogens is 186 g/mol. The predicted octanol–water partition coefficient (Wildman–Crippen LogP) is 2.25. The van der Waals surface area contributed by atoms with Crippen molar-refractivity contribution in [2.45, 2.75) is 13.3 Å². The summed E-state index contributed by atoms with van der Waals surface area (Å²) in [6.45, 7) is 1.92. The molecule has 0 fully saturated rings. The summed E-state index contributed by atoms with van der Waals surface area (Å²) in [4.78, 5) is 15.1. The predicted molar refractivity (Wildman–Crippen MR) is 60.0 cm³/mol. The second-order valence-electron chi connectivity index (χ2n) is 4.00. The highest BCUT2D eigenvalue weighted by Gasteiger charge is 2.20. The summed E-state index contributed by atoms with van der Waals surface area (Å²) in [5.41, 5.74) is 5.41. The minimum absolute atomic E-state index is 0.150. The Bertz CT molecular complexity index is 596. The van der Waals surface area contributed by atoms with Crippen LogP contribution in [0.15, 0.2) is 35.1 Å². The Hall–Kier alpha value is -1.83. The van der Waals surface area contributed by atoms with E-state index in [1.54, 1.807) is 6.07 Å². The molecule has 0 aliphatic heterocycles. The van der Waals surface area contributed by atoms with E-state index < -0.39 is 0 Å². The molecule has 3 rings (SSSR count). The summed E-state index contributed by atoms with van der Waals surface area (Å²) >= 11 is 0. The molecule has 0 saturated heterocycles. The van der Waals surface area contributed by atoms with Crippen LogP contribution in [-0.4, -0.2) is 4.98 Å². The normalized spacial score (nSPS) is 12.3. The SMILES string of the molecule is Cc1cc(=O)c2c([nH]1)-c1ccccc1C2. The molecule has 0 spiro atoms. The number of nitrogens with one attached hydrogen (secondary N) is 1. The summed E-state index contributed by atoms with van der Waals surface area (Å²) in [7, 11) is 0. The third-order valence-corrected chi connectivity index (χ3v) is 2.92. The fourth-order valence-corrected chi connectivity index (χ4v) is 2.23. The van der Waals surface area contributed by atoms with Crippen molar-refractivity contribution in [1.29, 1.82) is 0 Å². The highest BCUT2D eigenvalue weighted by Crippen LogP contribution is 2.32. The average molecular weight is 197 g/mol. The number of aryl methyl sites for hydroxylation is 1. The van der Waals surface area contributed by atoms with Gasteiger partial charge in [-0.3, -0.25) is 4.79 Å². The van der Waals surface area contributed by atoms with Crippen LogP contribution >= 0.6 is 0 Å². The molecule has 2 nitrogen and oxygen atoms in total. The number of aromatic nitrogens is 1. The molecule has 1 aliphatic rings. The zero-order valence-corrected chi connectivity index (χ0v) is 8.50. The van der Waals surface area contributed by atoms with Crippen molar-refractivity contribution in [2.24, 2.45) is 0 Å². The number of fused-ring (bicyclic) bond motifs is 3. The van der Waals surface area contributed by atoms with Crippen LogP contribution in [0, 0.1) is 6.92 Å². The Kier molecular flexibility index (Phi) is 1.60. The van der Waals surface area contributed by atoms with Gasteiger partial charge in [-0.15, -0.1) is 0 Å². The van der Waals surface area contributed by atoms with Gasteiger partial charge in [-0.2, -0.15) is 0 Å². The molecule has 0 unspecified atom stereocenters. The summed E-state index contributed by atoms with van der Waals surface area (Å²) in [5, 5.41) is 0. The highest BCUT2D eigenvalue weighted by molar-refractivity contribution is 5.73. The topological polar surface area (TPSA) is 32.9 Å². The van der Waals surface area contributed by atoms with Crippen molar-refractivity contribution < 1.29 is 0 Å². The average Bonchev–Trinajstić information content (AvgIpc) is 2.57. The molecule has 0 radical (unpaired) electrons. The first-order valence-corrected chi connectivity index (χ1v) is 5.07. The van der Waals surface area contributed by atoms with Gasteiger partial charge in [-0.1, -0.05) is 24.3 Å². The van der Waals surface area contributed by atoms with Gasteiger partial charge in [0.25, 0.3) is 0 Å². The molecule has 2 aromatic rings. The Labute approximate surface area is 87.6 Å². The second kappa shape index (κ2) is 2.83. The molecule has 1 N–H and O–H groups in total. The van der Waals surface area contributed by atoms with Crippen molar-refractivity contribution in [3.05, 3.63) is 57.4 Å². The molecule has 74 valence electrons. The van der Waals surface area contributed by atoms with Gasteiger partial charge in [0, 0.05) is 29.3 Å². The van der Waals surface area contributed by atoms with E-state index in [1.807, 2.05) is 19.1 Å². The molecule has 0 bridgehead atoms. The Balaban J connectivity index is 2.38. The van der Waals surface area contributed by atoms with Gasteiger partial charge in [0.2, 0.25) is 0 Å². The van der Waals surface area contributed by atoms with E-state index in [9.17, 15) is 4.79 Å². The van der Waals surface area contributed by atoms with Gasteiger partial charge in [0.1, 0.15) is 0 Å². The first-order valence-electron chi connectivity index (χ1n) is 5.07. The highest BCUT2D eigenvalue weighted by atomic mass is 16.1. The fourth-order valence-electron chi connectivity index (χ4n) is 2.23. The lowest BCUT2D eigenvalue weighted by Crippen LogP contribution is -2.08. The summed E-state index contributed by atoms with van der Waals surface area (Å²) < 4.78 is 0. The number of H-pyrrole nitrogens is 1. The third-order valence-electron chi connectivity index (χ3n) is 2.92. The molecule has 1 aliphatic carbocycles. The summed E-state index contributed by atoms with van der Waals surface area (Å²) in [5.74, 6) is 0. The van der Waals surface area contributed by atoms with E-state index in [2.05, 4.69) is 17.1 Å². The van der Waals surface area contributed by atoms with Crippen molar-refractivity contribution in [1.82, 2.24) is 4.98 Å². The van der Waals surface area contributed by atoms with Crippen molar-refractivity contribution in [3.63, 3.8) is 0 Å². The molecule has 0 amide bonds. The maximum atomic E-state index is 11.8. The van der Waals surface area contributed by atoms with Gasteiger partial charge in [0.15, 0.2) is 5.43 Å². The Morgan fingerprint density at radius 1 is 1.27 bits per heavy atom. The minimum Gasteiger partial charge on any atom is -0.358 e.